The minimum Gasteiger partial charge on any atom is -0.383 e. The maximum absolute atomic E-state index is 13.6. The minimum absolute atomic E-state index is 0.107. The summed E-state index contributed by atoms with van der Waals surface area (Å²) in [5, 5.41) is 2.84. The Hall–Kier alpha value is -2.15. The molecule has 1 heterocycles. The van der Waals surface area contributed by atoms with Crippen molar-refractivity contribution in [2.75, 3.05) is 16.6 Å². The van der Waals surface area contributed by atoms with Gasteiger partial charge in [-0.3, -0.25) is 4.72 Å². The summed E-state index contributed by atoms with van der Waals surface area (Å²) >= 11 is 0. The number of hydrogen-bond donors (Lipinski definition) is 2. The molecule has 21 heavy (non-hydrogen) atoms. The maximum Gasteiger partial charge on any atom is 0.281 e. The first-order chi connectivity index (χ1) is 10.0. The van der Waals surface area contributed by atoms with Gasteiger partial charge in [0.2, 0.25) is 0 Å². The van der Waals surface area contributed by atoms with Crippen LogP contribution in [0.2, 0.25) is 0 Å². The Balaban J connectivity index is 2.34. The maximum atomic E-state index is 13.6. The highest BCUT2D eigenvalue weighted by molar-refractivity contribution is 7.92. The molecule has 0 saturated carbocycles. The van der Waals surface area contributed by atoms with Crippen LogP contribution in [-0.4, -0.2) is 19.9 Å². The third kappa shape index (κ3) is 3.69. The van der Waals surface area contributed by atoms with Crippen LogP contribution in [-0.2, 0) is 10.0 Å². The molecule has 5 nitrogen and oxygen atoms in total. The van der Waals surface area contributed by atoms with E-state index in [9.17, 15) is 12.8 Å². The predicted octanol–water partition coefficient (Wildman–Crippen LogP) is 2.84. The Kier molecular flexibility index (Phi) is 4.74. The number of nitrogens with one attached hydrogen (secondary N) is 2. The number of aromatic nitrogens is 1. The van der Waals surface area contributed by atoms with Crippen molar-refractivity contribution in [3.05, 3.63) is 48.4 Å². The van der Waals surface area contributed by atoms with Crippen LogP contribution in [0.25, 0.3) is 0 Å². The van der Waals surface area contributed by atoms with Crippen LogP contribution in [0.4, 0.5) is 15.8 Å². The first kappa shape index (κ1) is 15.2. The number of halogens is 1. The molecule has 112 valence electrons. The fraction of sp³-hybridized carbons (Fsp3) is 0.214. The minimum atomic E-state index is -3.96. The molecule has 0 spiro atoms. The summed E-state index contributed by atoms with van der Waals surface area (Å²) in [5.74, 6) is -0.639. The van der Waals surface area contributed by atoms with E-state index in [1.54, 1.807) is 18.2 Å². The number of anilines is 2. The number of benzene rings is 1. The van der Waals surface area contributed by atoms with Crippen LogP contribution < -0.4 is 10.0 Å². The standard InChI is InChI=1S/C14H16FN3O2S/c1-2-9-16-13-8-5-10-17-14(13)21(19,20)18-12-7-4-3-6-11(12)15/h3-8,10,16,18H,2,9H2,1H3. The fourth-order valence-corrected chi connectivity index (χ4v) is 2.92. The largest absolute Gasteiger partial charge is 0.383 e. The number of para-hydroxylation sites is 1. The number of sulfonamides is 1. The molecular formula is C14H16FN3O2S. The summed E-state index contributed by atoms with van der Waals surface area (Å²) in [5.41, 5.74) is 0.285. The summed E-state index contributed by atoms with van der Waals surface area (Å²) in [7, 11) is -3.96. The Bertz CT molecular complexity index is 720. The number of nitrogens with zero attached hydrogens (tertiary/aromatic N) is 1. The zero-order chi connectivity index (χ0) is 15.3. The van der Waals surface area contributed by atoms with Crippen molar-refractivity contribution < 1.29 is 12.8 Å². The molecule has 0 aliphatic rings. The van der Waals surface area contributed by atoms with Gasteiger partial charge in [-0.1, -0.05) is 19.1 Å². The zero-order valence-electron chi connectivity index (χ0n) is 11.5. The molecule has 0 saturated heterocycles. The highest BCUT2D eigenvalue weighted by Crippen LogP contribution is 2.22. The van der Waals surface area contributed by atoms with Crippen molar-refractivity contribution >= 4 is 21.4 Å². The summed E-state index contributed by atoms with van der Waals surface area (Å²) in [6.45, 7) is 2.59. The molecule has 0 aliphatic heterocycles. The van der Waals surface area contributed by atoms with E-state index < -0.39 is 15.8 Å². The van der Waals surface area contributed by atoms with Gasteiger partial charge in [-0.05, 0) is 30.7 Å². The SMILES string of the molecule is CCCNc1cccnc1S(=O)(=O)Nc1ccccc1F. The molecule has 0 unspecified atom stereocenters. The second-order valence-corrected chi connectivity index (χ2v) is 5.97. The lowest BCUT2D eigenvalue weighted by Crippen LogP contribution is -2.17. The molecule has 0 aliphatic carbocycles. The fourth-order valence-electron chi connectivity index (χ4n) is 1.74. The van der Waals surface area contributed by atoms with Crippen LogP contribution in [0.15, 0.2) is 47.6 Å². The van der Waals surface area contributed by atoms with Gasteiger partial charge in [0.1, 0.15) is 5.82 Å². The van der Waals surface area contributed by atoms with E-state index in [0.29, 0.717) is 12.2 Å². The topological polar surface area (TPSA) is 71.1 Å². The smallest absolute Gasteiger partial charge is 0.281 e. The van der Waals surface area contributed by atoms with Crippen molar-refractivity contribution in [1.29, 1.82) is 0 Å². The van der Waals surface area contributed by atoms with E-state index in [1.807, 2.05) is 6.92 Å². The van der Waals surface area contributed by atoms with Gasteiger partial charge in [-0.2, -0.15) is 8.42 Å². The van der Waals surface area contributed by atoms with Crippen LogP contribution in [0.1, 0.15) is 13.3 Å². The lowest BCUT2D eigenvalue weighted by atomic mass is 10.3. The van der Waals surface area contributed by atoms with E-state index in [-0.39, 0.29) is 10.7 Å². The second-order valence-electron chi connectivity index (χ2n) is 4.37. The van der Waals surface area contributed by atoms with Crippen molar-refractivity contribution in [1.82, 2.24) is 4.98 Å². The lowest BCUT2D eigenvalue weighted by molar-refractivity contribution is 0.595. The van der Waals surface area contributed by atoms with E-state index in [2.05, 4.69) is 15.0 Å². The van der Waals surface area contributed by atoms with Crippen LogP contribution in [0.5, 0.6) is 0 Å². The van der Waals surface area contributed by atoms with Gasteiger partial charge in [0.25, 0.3) is 10.0 Å². The Morgan fingerprint density at radius 1 is 1.14 bits per heavy atom. The van der Waals surface area contributed by atoms with Crippen LogP contribution >= 0.6 is 0 Å². The molecule has 7 heteroatoms. The summed E-state index contributed by atoms with van der Waals surface area (Å²) in [6.07, 6.45) is 2.22. The van der Waals surface area contributed by atoms with Gasteiger partial charge in [0.15, 0.2) is 5.03 Å². The van der Waals surface area contributed by atoms with E-state index in [1.165, 1.54) is 24.4 Å². The third-order valence-corrected chi connectivity index (χ3v) is 4.03. The first-order valence-corrected chi connectivity index (χ1v) is 7.99. The molecule has 2 aromatic rings. The van der Waals surface area contributed by atoms with Gasteiger partial charge in [-0.15, -0.1) is 0 Å². The highest BCUT2D eigenvalue weighted by atomic mass is 32.2. The van der Waals surface area contributed by atoms with Gasteiger partial charge >= 0.3 is 0 Å². The summed E-state index contributed by atoms with van der Waals surface area (Å²) in [6, 6.07) is 8.85. The van der Waals surface area contributed by atoms with Gasteiger partial charge < -0.3 is 5.32 Å². The molecular weight excluding hydrogens is 293 g/mol. The van der Waals surface area contributed by atoms with E-state index in [4.69, 9.17) is 0 Å². The van der Waals surface area contributed by atoms with Gasteiger partial charge in [0.05, 0.1) is 11.4 Å². The van der Waals surface area contributed by atoms with Crippen molar-refractivity contribution in [3.63, 3.8) is 0 Å². The third-order valence-electron chi connectivity index (χ3n) is 2.71. The number of pyridine rings is 1. The Morgan fingerprint density at radius 2 is 1.86 bits per heavy atom. The van der Waals surface area contributed by atoms with Gasteiger partial charge in [0, 0.05) is 12.7 Å². The van der Waals surface area contributed by atoms with Crippen LogP contribution in [0.3, 0.4) is 0 Å². The first-order valence-electron chi connectivity index (χ1n) is 6.51. The number of hydrogen-bond acceptors (Lipinski definition) is 4. The Labute approximate surface area is 123 Å². The van der Waals surface area contributed by atoms with Crippen molar-refractivity contribution in [2.24, 2.45) is 0 Å². The zero-order valence-corrected chi connectivity index (χ0v) is 12.3. The van der Waals surface area contributed by atoms with E-state index in [0.717, 1.165) is 6.42 Å². The van der Waals surface area contributed by atoms with Gasteiger partial charge in [-0.25, -0.2) is 9.37 Å². The van der Waals surface area contributed by atoms with E-state index >= 15 is 0 Å². The summed E-state index contributed by atoms with van der Waals surface area (Å²) in [4.78, 5) is 3.89. The molecule has 0 bridgehead atoms. The molecule has 2 rings (SSSR count). The second kappa shape index (κ2) is 6.53. The molecule has 0 fully saturated rings. The quantitative estimate of drug-likeness (QED) is 0.861. The molecule has 0 amide bonds. The van der Waals surface area contributed by atoms with Crippen molar-refractivity contribution in [3.8, 4) is 0 Å². The molecule has 0 atom stereocenters. The molecule has 1 aromatic carbocycles. The normalized spacial score (nSPS) is 11.1. The number of rotatable bonds is 6. The van der Waals surface area contributed by atoms with Crippen molar-refractivity contribution in [2.45, 2.75) is 18.4 Å². The summed E-state index contributed by atoms with van der Waals surface area (Å²) < 4.78 is 40.5. The average molecular weight is 309 g/mol. The molecule has 1 aromatic heterocycles. The highest BCUT2D eigenvalue weighted by Gasteiger charge is 2.21. The molecule has 0 radical (unpaired) electrons. The Morgan fingerprint density at radius 3 is 2.57 bits per heavy atom. The predicted molar refractivity (Wildman–Crippen MR) is 80.2 cm³/mol. The molecule has 2 N–H and O–H groups in total. The monoisotopic (exact) mass is 309 g/mol. The van der Waals surface area contributed by atoms with Crippen LogP contribution in [0, 0.1) is 5.82 Å². The average Bonchev–Trinajstić information content (AvgIpc) is 2.47. The lowest BCUT2D eigenvalue weighted by Gasteiger charge is -2.12.